The average Bonchev–Trinajstić information content (AvgIpc) is 2.13. The van der Waals surface area contributed by atoms with Crippen LogP contribution >= 0.6 is 0 Å². The van der Waals surface area contributed by atoms with Gasteiger partial charge in [-0.05, 0) is 18.9 Å². The number of hydrogen-bond donors (Lipinski definition) is 3. The van der Waals surface area contributed by atoms with Gasteiger partial charge in [0.05, 0.1) is 5.56 Å². The minimum atomic E-state index is -0.633. The third kappa shape index (κ3) is 1.88. The highest BCUT2D eigenvalue weighted by Crippen LogP contribution is 2.42. The van der Waals surface area contributed by atoms with Crippen LogP contribution in [0.5, 0.6) is 17.2 Å². The number of ketones is 1. The highest BCUT2D eigenvalue weighted by atomic mass is 16.3. The molecule has 0 fully saturated rings. The molecule has 0 aliphatic heterocycles. The van der Waals surface area contributed by atoms with Crippen LogP contribution in [0.3, 0.4) is 0 Å². The summed E-state index contributed by atoms with van der Waals surface area (Å²) in [6, 6.07) is 1.40. The van der Waals surface area contributed by atoms with E-state index in [0.29, 0.717) is 5.56 Å². The molecule has 15 heavy (non-hydrogen) atoms. The van der Waals surface area contributed by atoms with Gasteiger partial charge in [-0.1, -0.05) is 13.8 Å². The van der Waals surface area contributed by atoms with E-state index in [0.717, 1.165) is 0 Å². The Balaban J connectivity index is 3.52. The van der Waals surface area contributed by atoms with Crippen molar-refractivity contribution in [2.24, 2.45) is 0 Å². The second-order valence-electron chi connectivity index (χ2n) is 3.77. The number of carbonyl (C=O) groups is 1. The van der Waals surface area contributed by atoms with Gasteiger partial charge in [-0.3, -0.25) is 4.79 Å². The largest absolute Gasteiger partial charge is 0.504 e. The maximum Gasteiger partial charge on any atom is 0.201 e. The lowest BCUT2D eigenvalue weighted by Gasteiger charge is -2.13. The molecular weight excluding hydrogens is 196 g/mol. The highest BCUT2D eigenvalue weighted by molar-refractivity contribution is 5.98. The second kappa shape index (κ2) is 3.81. The van der Waals surface area contributed by atoms with Crippen molar-refractivity contribution in [2.45, 2.75) is 26.7 Å². The summed E-state index contributed by atoms with van der Waals surface area (Å²) in [5.41, 5.74) is 0.463. The van der Waals surface area contributed by atoms with Crippen LogP contribution in [0.15, 0.2) is 6.07 Å². The van der Waals surface area contributed by atoms with E-state index in [4.69, 9.17) is 0 Å². The quantitative estimate of drug-likeness (QED) is 0.516. The first-order valence-electron chi connectivity index (χ1n) is 4.65. The van der Waals surface area contributed by atoms with E-state index in [1.165, 1.54) is 13.0 Å². The zero-order chi connectivity index (χ0) is 11.7. The minimum absolute atomic E-state index is 0.0222. The zero-order valence-electron chi connectivity index (χ0n) is 8.90. The lowest BCUT2D eigenvalue weighted by molar-refractivity contribution is 0.101. The fourth-order valence-electron chi connectivity index (χ4n) is 1.38. The van der Waals surface area contributed by atoms with Gasteiger partial charge in [0, 0.05) is 5.56 Å². The van der Waals surface area contributed by atoms with Gasteiger partial charge in [-0.2, -0.15) is 0 Å². The molecular formula is C11H14O4. The Bertz CT molecular complexity index is 408. The van der Waals surface area contributed by atoms with Gasteiger partial charge in [0.25, 0.3) is 0 Å². The molecule has 1 aromatic rings. The van der Waals surface area contributed by atoms with Gasteiger partial charge in [-0.15, -0.1) is 0 Å². The molecule has 0 saturated carbocycles. The fourth-order valence-corrected chi connectivity index (χ4v) is 1.38. The predicted molar refractivity (Wildman–Crippen MR) is 55.5 cm³/mol. The monoisotopic (exact) mass is 210 g/mol. The zero-order valence-corrected chi connectivity index (χ0v) is 8.90. The first-order chi connectivity index (χ1) is 6.86. The summed E-state index contributed by atoms with van der Waals surface area (Å²) in [5.74, 6) is -1.97. The Kier molecular flexibility index (Phi) is 2.88. The van der Waals surface area contributed by atoms with Gasteiger partial charge in [0.2, 0.25) is 5.75 Å². The van der Waals surface area contributed by atoms with Crippen LogP contribution in [0.4, 0.5) is 0 Å². The Morgan fingerprint density at radius 1 is 1.13 bits per heavy atom. The normalized spacial score (nSPS) is 10.7. The van der Waals surface area contributed by atoms with E-state index < -0.39 is 11.5 Å². The topological polar surface area (TPSA) is 77.8 Å². The van der Waals surface area contributed by atoms with Crippen LogP contribution in [0, 0.1) is 0 Å². The van der Waals surface area contributed by atoms with Crippen molar-refractivity contribution >= 4 is 5.78 Å². The number of aromatic hydroxyl groups is 3. The Morgan fingerprint density at radius 2 is 1.67 bits per heavy atom. The summed E-state index contributed by atoms with van der Waals surface area (Å²) >= 11 is 0. The maximum absolute atomic E-state index is 11.2. The average molecular weight is 210 g/mol. The van der Waals surface area contributed by atoms with E-state index in [1.807, 2.05) is 13.8 Å². The molecule has 82 valence electrons. The van der Waals surface area contributed by atoms with Crippen LogP contribution in [0.25, 0.3) is 0 Å². The van der Waals surface area contributed by atoms with Gasteiger partial charge < -0.3 is 15.3 Å². The molecule has 0 aromatic heterocycles. The molecule has 0 atom stereocenters. The Morgan fingerprint density at radius 3 is 2.07 bits per heavy atom. The molecule has 4 nitrogen and oxygen atoms in total. The smallest absolute Gasteiger partial charge is 0.201 e. The first-order valence-corrected chi connectivity index (χ1v) is 4.65. The number of carbonyl (C=O) groups excluding carboxylic acids is 1. The molecule has 4 heteroatoms. The SMILES string of the molecule is CC(=O)c1cc(C(C)C)c(O)c(O)c1O. The van der Waals surface area contributed by atoms with Crippen molar-refractivity contribution in [1.29, 1.82) is 0 Å². The third-order valence-corrected chi connectivity index (χ3v) is 2.28. The van der Waals surface area contributed by atoms with Gasteiger partial charge in [-0.25, -0.2) is 0 Å². The lowest BCUT2D eigenvalue weighted by Crippen LogP contribution is -1.97. The van der Waals surface area contributed by atoms with Gasteiger partial charge in [0.1, 0.15) is 0 Å². The highest BCUT2D eigenvalue weighted by Gasteiger charge is 2.20. The molecule has 0 radical (unpaired) electrons. The number of rotatable bonds is 2. The molecule has 0 spiro atoms. The van der Waals surface area contributed by atoms with Crippen LogP contribution < -0.4 is 0 Å². The molecule has 3 N–H and O–H groups in total. The molecule has 0 aliphatic rings. The number of benzene rings is 1. The summed E-state index contributed by atoms with van der Waals surface area (Å²) < 4.78 is 0. The standard InChI is InChI=1S/C11H14O4/c1-5(2)7-4-8(6(3)12)10(14)11(15)9(7)13/h4-5,13-15H,1-3H3. The van der Waals surface area contributed by atoms with Crippen LogP contribution in [0.2, 0.25) is 0 Å². The van der Waals surface area contributed by atoms with Crippen LogP contribution in [-0.2, 0) is 0 Å². The van der Waals surface area contributed by atoms with Crippen molar-refractivity contribution < 1.29 is 20.1 Å². The predicted octanol–water partition coefficient (Wildman–Crippen LogP) is 2.13. The van der Waals surface area contributed by atoms with Crippen molar-refractivity contribution in [3.63, 3.8) is 0 Å². The van der Waals surface area contributed by atoms with E-state index in [-0.39, 0.29) is 23.0 Å². The number of phenols is 3. The van der Waals surface area contributed by atoms with E-state index >= 15 is 0 Å². The second-order valence-corrected chi connectivity index (χ2v) is 3.77. The first kappa shape index (κ1) is 11.4. The number of phenolic OH excluding ortho intramolecular Hbond substituents is 3. The summed E-state index contributed by atoms with van der Waals surface area (Å²) in [5, 5.41) is 28.4. The van der Waals surface area contributed by atoms with Crippen molar-refractivity contribution in [3.05, 3.63) is 17.2 Å². The summed E-state index contributed by atoms with van der Waals surface area (Å²) in [7, 11) is 0. The van der Waals surface area contributed by atoms with E-state index in [9.17, 15) is 20.1 Å². The molecule has 0 unspecified atom stereocenters. The van der Waals surface area contributed by atoms with Crippen molar-refractivity contribution in [2.75, 3.05) is 0 Å². The third-order valence-electron chi connectivity index (χ3n) is 2.28. The van der Waals surface area contributed by atoms with Crippen molar-refractivity contribution in [3.8, 4) is 17.2 Å². The fraction of sp³-hybridized carbons (Fsp3) is 0.364. The Labute approximate surface area is 87.8 Å². The van der Waals surface area contributed by atoms with Crippen LogP contribution in [0.1, 0.15) is 42.6 Å². The van der Waals surface area contributed by atoms with Crippen LogP contribution in [-0.4, -0.2) is 21.1 Å². The molecule has 0 aliphatic carbocycles. The van der Waals surface area contributed by atoms with E-state index in [2.05, 4.69) is 0 Å². The summed E-state index contributed by atoms with van der Waals surface area (Å²) in [6.45, 7) is 4.92. The molecule has 0 saturated heterocycles. The molecule has 1 rings (SSSR count). The van der Waals surface area contributed by atoms with Gasteiger partial charge in [0.15, 0.2) is 17.3 Å². The minimum Gasteiger partial charge on any atom is -0.504 e. The van der Waals surface area contributed by atoms with E-state index in [1.54, 1.807) is 0 Å². The van der Waals surface area contributed by atoms with Crippen molar-refractivity contribution in [1.82, 2.24) is 0 Å². The molecule has 0 bridgehead atoms. The lowest BCUT2D eigenvalue weighted by atomic mass is 9.97. The Hall–Kier alpha value is -1.71. The molecule has 1 aromatic carbocycles. The number of Topliss-reactive ketones (excluding diaryl/α,β-unsaturated/α-hetero) is 1. The summed E-state index contributed by atoms with van der Waals surface area (Å²) in [6.07, 6.45) is 0. The maximum atomic E-state index is 11.2. The summed E-state index contributed by atoms with van der Waals surface area (Å²) in [4.78, 5) is 11.2. The molecule has 0 heterocycles. The van der Waals surface area contributed by atoms with Gasteiger partial charge >= 0.3 is 0 Å². The number of hydrogen-bond acceptors (Lipinski definition) is 4. The molecule has 0 amide bonds.